The molecule has 1 aromatic rings. The van der Waals surface area contributed by atoms with Crippen LogP contribution in [0.1, 0.15) is 19.4 Å². The number of hydrogen-bond donors (Lipinski definition) is 1. The van der Waals surface area contributed by atoms with E-state index in [9.17, 15) is 4.79 Å². The molecular weight excluding hydrogens is 226 g/mol. The smallest absolute Gasteiger partial charge is 0.277 e. The standard InChI is InChI=1S/C14H17N3O/c1-4-15-12-7-5-11(6-8-12)9-13-14(18)17(3)10(2)16-13/h5-9,15H,4H2,1-3H3/b13-9-. The van der Waals surface area contributed by atoms with Crippen LogP contribution in [0.2, 0.25) is 0 Å². The van der Waals surface area contributed by atoms with Gasteiger partial charge in [-0.05, 0) is 37.6 Å². The second kappa shape index (κ2) is 5.04. The summed E-state index contributed by atoms with van der Waals surface area (Å²) in [5.41, 5.74) is 2.55. The van der Waals surface area contributed by atoms with Crippen molar-refractivity contribution in [1.29, 1.82) is 0 Å². The Morgan fingerprint density at radius 3 is 2.50 bits per heavy atom. The molecule has 1 N–H and O–H groups in total. The fourth-order valence-corrected chi connectivity index (χ4v) is 1.77. The van der Waals surface area contributed by atoms with Gasteiger partial charge in [-0.15, -0.1) is 0 Å². The summed E-state index contributed by atoms with van der Waals surface area (Å²) in [4.78, 5) is 17.6. The van der Waals surface area contributed by atoms with Crippen molar-refractivity contribution in [2.75, 3.05) is 18.9 Å². The van der Waals surface area contributed by atoms with Crippen LogP contribution < -0.4 is 5.32 Å². The zero-order valence-electron chi connectivity index (χ0n) is 10.9. The van der Waals surface area contributed by atoms with Crippen molar-refractivity contribution in [1.82, 2.24) is 4.90 Å². The Labute approximate surface area is 107 Å². The van der Waals surface area contributed by atoms with E-state index in [4.69, 9.17) is 0 Å². The predicted octanol–water partition coefficient (Wildman–Crippen LogP) is 2.35. The number of hydrogen-bond acceptors (Lipinski definition) is 3. The minimum atomic E-state index is -0.0525. The molecule has 4 heteroatoms. The zero-order valence-corrected chi connectivity index (χ0v) is 10.9. The monoisotopic (exact) mass is 243 g/mol. The number of nitrogens with zero attached hydrogens (tertiary/aromatic N) is 2. The van der Waals surface area contributed by atoms with Crippen LogP contribution in [-0.4, -0.2) is 30.2 Å². The summed E-state index contributed by atoms with van der Waals surface area (Å²) in [6, 6.07) is 7.94. The predicted molar refractivity (Wildman–Crippen MR) is 74.5 cm³/mol. The molecule has 0 unspecified atom stereocenters. The van der Waals surface area contributed by atoms with Crippen LogP contribution in [0.4, 0.5) is 5.69 Å². The molecule has 1 aromatic carbocycles. The number of carbonyl (C=O) groups excluding carboxylic acids is 1. The van der Waals surface area contributed by atoms with Crippen LogP contribution in [0.3, 0.4) is 0 Å². The molecule has 18 heavy (non-hydrogen) atoms. The van der Waals surface area contributed by atoms with E-state index < -0.39 is 0 Å². The van der Waals surface area contributed by atoms with Gasteiger partial charge in [-0.25, -0.2) is 4.99 Å². The topological polar surface area (TPSA) is 44.7 Å². The van der Waals surface area contributed by atoms with E-state index in [-0.39, 0.29) is 5.91 Å². The summed E-state index contributed by atoms with van der Waals surface area (Å²) in [6.07, 6.45) is 1.81. The molecule has 0 radical (unpaired) electrons. The molecule has 2 rings (SSSR count). The van der Waals surface area contributed by atoms with Crippen molar-refractivity contribution in [2.24, 2.45) is 4.99 Å². The van der Waals surface area contributed by atoms with Crippen molar-refractivity contribution in [3.8, 4) is 0 Å². The second-order valence-electron chi connectivity index (χ2n) is 4.21. The third kappa shape index (κ3) is 2.42. The van der Waals surface area contributed by atoms with Crippen molar-refractivity contribution < 1.29 is 4.79 Å². The van der Waals surface area contributed by atoms with E-state index in [1.54, 1.807) is 11.9 Å². The lowest BCUT2D eigenvalue weighted by Crippen LogP contribution is -2.25. The fourth-order valence-electron chi connectivity index (χ4n) is 1.77. The van der Waals surface area contributed by atoms with Gasteiger partial charge in [-0.1, -0.05) is 12.1 Å². The Morgan fingerprint density at radius 1 is 1.33 bits per heavy atom. The lowest BCUT2D eigenvalue weighted by Gasteiger charge is -2.06. The van der Waals surface area contributed by atoms with Gasteiger partial charge < -0.3 is 5.32 Å². The molecular formula is C14H17N3O. The highest BCUT2D eigenvalue weighted by atomic mass is 16.2. The van der Waals surface area contributed by atoms with Gasteiger partial charge in [0, 0.05) is 19.3 Å². The van der Waals surface area contributed by atoms with E-state index in [1.807, 2.05) is 37.3 Å². The highest BCUT2D eigenvalue weighted by Crippen LogP contribution is 2.18. The van der Waals surface area contributed by atoms with E-state index >= 15 is 0 Å². The maximum atomic E-state index is 11.8. The number of amides is 1. The third-order valence-corrected chi connectivity index (χ3v) is 2.89. The molecule has 0 aliphatic carbocycles. The first-order valence-electron chi connectivity index (χ1n) is 6.01. The summed E-state index contributed by atoms with van der Waals surface area (Å²) in [6.45, 7) is 4.78. The molecule has 0 aromatic heterocycles. The number of rotatable bonds is 3. The van der Waals surface area contributed by atoms with Crippen LogP contribution in [0.25, 0.3) is 6.08 Å². The second-order valence-corrected chi connectivity index (χ2v) is 4.21. The number of likely N-dealkylation sites (N-methyl/N-ethyl adjacent to an activating group) is 1. The third-order valence-electron chi connectivity index (χ3n) is 2.89. The van der Waals surface area contributed by atoms with Gasteiger partial charge in [0.25, 0.3) is 5.91 Å². The minimum Gasteiger partial charge on any atom is -0.385 e. The summed E-state index contributed by atoms with van der Waals surface area (Å²) >= 11 is 0. The van der Waals surface area contributed by atoms with Crippen molar-refractivity contribution in [2.45, 2.75) is 13.8 Å². The first-order valence-corrected chi connectivity index (χ1v) is 6.01. The van der Waals surface area contributed by atoms with Crippen LogP contribution >= 0.6 is 0 Å². The van der Waals surface area contributed by atoms with Crippen LogP contribution in [-0.2, 0) is 4.79 Å². The molecule has 1 heterocycles. The first kappa shape index (κ1) is 12.4. The minimum absolute atomic E-state index is 0.0525. The molecule has 0 saturated carbocycles. The van der Waals surface area contributed by atoms with Crippen molar-refractivity contribution in [3.63, 3.8) is 0 Å². The Kier molecular flexibility index (Phi) is 3.46. The summed E-state index contributed by atoms with van der Waals surface area (Å²) in [5.74, 6) is 0.679. The fraction of sp³-hybridized carbons (Fsp3) is 0.286. The molecule has 0 saturated heterocycles. The van der Waals surface area contributed by atoms with Crippen molar-refractivity contribution in [3.05, 3.63) is 35.5 Å². The highest BCUT2D eigenvalue weighted by Gasteiger charge is 2.23. The van der Waals surface area contributed by atoms with Crippen LogP contribution in [0.5, 0.6) is 0 Å². The molecule has 94 valence electrons. The Balaban J connectivity index is 2.21. The van der Waals surface area contributed by atoms with E-state index in [2.05, 4.69) is 17.2 Å². The maximum absolute atomic E-state index is 11.8. The Morgan fingerprint density at radius 2 is 2.00 bits per heavy atom. The molecule has 0 fully saturated rings. The van der Waals surface area contributed by atoms with Crippen LogP contribution in [0, 0.1) is 0 Å². The van der Waals surface area contributed by atoms with E-state index in [0.717, 1.165) is 23.6 Å². The largest absolute Gasteiger partial charge is 0.385 e. The van der Waals surface area contributed by atoms with Gasteiger partial charge in [-0.2, -0.15) is 0 Å². The Bertz CT molecular complexity index is 514. The van der Waals surface area contributed by atoms with Gasteiger partial charge in [0.2, 0.25) is 0 Å². The molecule has 4 nitrogen and oxygen atoms in total. The summed E-state index contributed by atoms with van der Waals surface area (Å²) < 4.78 is 0. The molecule has 0 spiro atoms. The molecule has 1 amide bonds. The lowest BCUT2D eigenvalue weighted by atomic mass is 10.1. The number of benzene rings is 1. The van der Waals surface area contributed by atoms with Gasteiger partial charge >= 0.3 is 0 Å². The normalized spacial score (nSPS) is 17.3. The number of anilines is 1. The number of nitrogens with one attached hydrogen (secondary N) is 1. The SMILES string of the molecule is CCNc1ccc(/C=C2\N=C(C)N(C)C2=O)cc1. The number of amidine groups is 1. The van der Waals surface area contributed by atoms with E-state index in [0.29, 0.717) is 5.70 Å². The highest BCUT2D eigenvalue weighted by molar-refractivity contribution is 6.13. The quantitative estimate of drug-likeness (QED) is 0.828. The first-order chi connectivity index (χ1) is 8.61. The lowest BCUT2D eigenvalue weighted by molar-refractivity contribution is -0.121. The molecule has 0 bridgehead atoms. The summed E-state index contributed by atoms with van der Waals surface area (Å²) in [5, 5.41) is 3.23. The molecule has 0 atom stereocenters. The zero-order chi connectivity index (χ0) is 13.1. The van der Waals surface area contributed by atoms with Gasteiger partial charge in [0.1, 0.15) is 11.5 Å². The van der Waals surface area contributed by atoms with E-state index in [1.165, 1.54) is 0 Å². The molecule has 1 aliphatic rings. The van der Waals surface area contributed by atoms with Gasteiger partial charge in [0.05, 0.1) is 0 Å². The van der Waals surface area contributed by atoms with Gasteiger partial charge in [-0.3, -0.25) is 9.69 Å². The number of carbonyl (C=O) groups is 1. The van der Waals surface area contributed by atoms with Gasteiger partial charge in [0.15, 0.2) is 0 Å². The molecule has 1 aliphatic heterocycles. The Hall–Kier alpha value is -2.10. The van der Waals surface area contributed by atoms with Crippen molar-refractivity contribution >= 4 is 23.5 Å². The number of aliphatic imine (C=N–C) groups is 1. The average molecular weight is 243 g/mol. The summed E-state index contributed by atoms with van der Waals surface area (Å²) in [7, 11) is 1.73. The maximum Gasteiger partial charge on any atom is 0.277 e. The average Bonchev–Trinajstić information content (AvgIpc) is 2.60. The van der Waals surface area contributed by atoms with Crippen LogP contribution in [0.15, 0.2) is 35.0 Å².